The molecule has 0 saturated carbocycles. The van der Waals surface area contributed by atoms with Crippen molar-refractivity contribution in [2.45, 2.75) is 38.6 Å². The van der Waals surface area contributed by atoms with Crippen LogP contribution in [0.4, 0.5) is 0 Å². The summed E-state index contributed by atoms with van der Waals surface area (Å²) in [4.78, 5) is 0. The summed E-state index contributed by atoms with van der Waals surface area (Å²) >= 11 is 0. The van der Waals surface area contributed by atoms with E-state index in [4.69, 9.17) is 10.5 Å². The average Bonchev–Trinajstić information content (AvgIpc) is 2.29. The average molecular weight is 223 g/mol. The molecule has 0 radical (unpaired) electrons. The lowest BCUT2D eigenvalue weighted by atomic mass is 10.0. The van der Waals surface area contributed by atoms with Crippen LogP contribution in [0, 0.1) is 0 Å². The quantitative estimate of drug-likeness (QED) is 0.729. The van der Waals surface area contributed by atoms with Gasteiger partial charge in [-0.05, 0) is 12.5 Å². The molecule has 0 unspecified atom stereocenters. The van der Waals surface area contributed by atoms with Crippen molar-refractivity contribution >= 4 is 0 Å². The first-order valence-electron chi connectivity index (χ1n) is 5.81. The van der Waals surface area contributed by atoms with Crippen molar-refractivity contribution in [3.63, 3.8) is 0 Å². The van der Waals surface area contributed by atoms with Crippen LogP contribution >= 0.6 is 0 Å². The van der Waals surface area contributed by atoms with E-state index in [2.05, 4.69) is 6.92 Å². The molecular weight excluding hydrogens is 202 g/mol. The van der Waals surface area contributed by atoms with Gasteiger partial charge in [0, 0.05) is 17.7 Å². The van der Waals surface area contributed by atoms with Gasteiger partial charge in [-0.2, -0.15) is 0 Å². The Morgan fingerprint density at radius 1 is 1.38 bits per heavy atom. The summed E-state index contributed by atoms with van der Waals surface area (Å²) in [5.74, 6) is 0.880. The fourth-order valence-electron chi connectivity index (χ4n) is 1.73. The lowest BCUT2D eigenvalue weighted by molar-refractivity contribution is 0.404. The molecular formula is C13H21NO2. The van der Waals surface area contributed by atoms with Gasteiger partial charge in [-0.25, -0.2) is 0 Å². The number of methoxy groups -OCH3 is 1. The molecule has 0 aliphatic rings. The monoisotopic (exact) mass is 223 g/mol. The first kappa shape index (κ1) is 12.8. The minimum absolute atomic E-state index is 0.0857. The number of phenolic OH excluding ortho intramolecular Hbond substituents is 1. The predicted molar refractivity (Wildman–Crippen MR) is 65.7 cm³/mol. The fourth-order valence-corrected chi connectivity index (χ4v) is 1.73. The van der Waals surface area contributed by atoms with Gasteiger partial charge in [-0.3, -0.25) is 0 Å². The van der Waals surface area contributed by atoms with Crippen LogP contribution in [0.3, 0.4) is 0 Å². The third-order valence-corrected chi connectivity index (χ3v) is 2.76. The number of rotatable bonds is 6. The Morgan fingerprint density at radius 2 is 2.12 bits per heavy atom. The number of phenols is 1. The van der Waals surface area contributed by atoms with Crippen LogP contribution in [0.1, 0.15) is 44.2 Å². The van der Waals surface area contributed by atoms with E-state index in [0.29, 0.717) is 5.75 Å². The minimum Gasteiger partial charge on any atom is -0.507 e. The van der Waals surface area contributed by atoms with Crippen LogP contribution in [-0.4, -0.2) is 12.2 Å². The fraction of sp³-hybridized carbons (Fsp3) is 0.538. The Balaban J connectivity index is 2.64. The lowest BCUT2D eigenvalue weighted by Crippen LogP contribution is -2.10. The van der Waals surface area contributed by atoms with Crippen LogP contribution in [0.25, 0.3) is 0 Å². The molecule has 0 aromatic heterocycles. The Kier molecular flexibility index (Phi) is 5.12. The number of unbranched alkanes of at least 4 members (excludes halogenated alkanes) is 2. The highest BCUT2D eigenvalue weighted by atomic mass is 16.5. The predicted octanol–water partition coefficient (Wildman–Crippen LogP) is 2.98. The molecule has 0 fully saturated rings. The molecule has 0 heterocycles. The van der Waals surface area contributed by atoms with Gasteiger partial charge in [0.2, 0.25) is 0 Å². The second-order valence-electron chi connectivity index (χ2n) is 4.03. The van der Waals surface area contributed by atoms with E-state index in [1.165, 1.54) is 12.8 Å². The van der Waals surface area contributed by atoms with E-state index in [-0.39, 0.29) is 11.8 Å². The second-order valence-corrected chi connectivity index (χ2v) is 4.03. The molecule has 1 aromatic rings. The van der Waals surface area contributed by atoms with Crippen molar-refractivity contribution in [2.24, 2.45) is 5.73 Å². The van der Waals surface area contributed by atoms with Crippen LogP contribution in [0.2, 0.25) is 0 Å². The number of aromatic hydroxyl groups is 1. The number of nitrogens with two attached hydrogens (primary N) is 1. The van der Waals surface area contributed by atoms with Crippen molar-refractivity contribution in [3.8, 4) is 11.5 Å². The zero-order valence-electron chi connectivity index (χ0n) is 10.1. The Morgan fingerprint density at radius 3 is 2.69 bits per heavy atom. The zero-order valence-corrected chi connectivity index (χ0v) is 10.1. The van der Waals surface area contributed by atoms with Gasteiger partial charge in [-0.1, -0.05) is 32.3 Å². The Bertz CT molecular complexity index is 326. The maximum Gasteiger partial charge on any atom is 0.124 e. The van der Waals surface area contributed by atoms with Gasteiger partial charge in [0.25, 0.3) is 0 Å². The van der Waals surface area contributed by atoms with E-state index in [0.717, 1.165) is 18.4 Å². The highest BCUT2D eigenvalue weighted by Gasteiger charge is 2.11. The lowest BCUT2D eigenvalue weighted by Gasteiger charge is -2.14. The number of ether oxygens (including phenoxy) is 1. The van der Waals surface area contributed by atoms with Gasteiger partial charge < -0.3 is 15.6 Å². The van der Waals surface area contributed by atoms with Gasteiger partial charge in [-0.15, -0.1) is 0 Å². The molecule has 0 aliphatic carbocycles. The minimum atomic E-state index is -0.0857. The summed E-state index contributed by atoms with van der Waals surface area (Å²) in [6.07, 6.45) is 4.38. The van der Waals surface area contributed by atoms with E-state index in [9.17, 15) is 5.11 Å². The Labute approximate surface area is 97.2 Å². The molecule has 90 valence electrons. The first-order chi connectivity index (χ1) is 7.69. The van der Waals surface area contributed by atoms with E-state index in [1.54, 1.807) is 13.2 Å². The highest BCUT2D eigenvalue weighted by Crippen LogP contribution is 2.29. The molecule has 0 spiro atoms. The van der Waals surface area contributed by atoms with Gasteiger partial charge >= 0.3 is 0 Å². The summed E-state index contributed by atoms with van der Waals surface area (Å²) < 4.78 is 5.03. The van der Waals surface area contributed by atoms with E-state index < -0.39 is 0 Å². The maximum atomic E-state index is 9.79. The molecule has 16 heavy (non-hydrogen) atoms. The first-order valence-corrected chi connectivity index (χ1v) is 5.81. The molecule has 3 N–H and O–H groups in total. The zero-order chi connectivity index (χ0) is 12.0. The van der Waals surface area contributed by atoms with Crippen LogP contribution in [-0.2, 0) is 0 Å². The molecule has 0 saturated heterocycles. The summed E-state index contributed by atoms with van der Waals surface area (Å²) in [6, 6.07) is 5.19. The highest BCUT2D eigenvalue weighted by molar-refractivity contribution is 5.41. The molecule has 0 aliphatic heterocycles. The molecule has 3 nitrogen and oxygen atoms in total. The van der Waals surface area contributed by atoms with Crippen molar-refractivity contribution in [1.29, 1.82) is 0 Å². The van der Waals surface area contributed by atoms with E-state index >= 15 is 0 Å². The third kappa shape index (κ3) is 3.42. The second kappa shape index (κ2) is 6.38. The van der Waals surface area contributed by atoms with Gasteiger partial charge in [0.05, 0.1) is 7.11 Å². The molecule has 3 heteroatoms. The number of hydrogen-bond donors (Lipinski definition) is 2. The summed E-state index contributed by atoms with van der Waals surface area (Å²) in [6.45, 7) is 2.16. The van der Waals surface area contributed by atoms with Crippen LogP contribution < -0.4 is 10.5 Å². The summed E-state index contributed by atoms with van der Waals surface area (Å²) in [5, 5.41) is 9.79. The number of benzene rings is 1. The molecule has 0 amide bonds. The van der Waals surface area contributed by atoms with Crippen molar-refractivity contribution in [3.05, 3.63) is 23.8 Å². The van der Waals surface area contributed by atoms with E-state index in [1.807, 2.05) is 12.1 Å². The largest absolute Gasteiger partial charge is 0.507 e. The molecule has 1 rings (SSSR count). The van der Waals surface area contributed by atoms with Crippen LogP contribution in [0.5, 0.6) is 11.5 Å². The molecule has 0 bridgehead atoms. The van der Waals surface area contributed by atoms with Crippen molar-refractivity contribution < 1.29 is 9.84 Å². The van der Waals surface area contributed by atoms with Gasteiger partial charge in [0.15, 0.2) is 0 Å². The van der Waals surface area contributed by atoms with Crippen LogP contribution in [0.15, 0.2) is 18.2 Å². The topological polar surface area (TPSA) is 55.5 Å². The summed E-state index contributed by atoms with van der Waals surface area (Å²) in [5.41, 5.74) is 6.83. The number of hydrogen-bond acceptors (Lipinski definition) is 3. The maximum absolute atomic E-state index is 9.79. The third-order valence-electron chi connectivity index (χ3n) is 2.76. The smallest absolute Gasteiger partial charge is 0.124 e. The summed E-state index contributed by atoms with van der Waals surface area (Å²) in [7, 11) is 1.58. The van der Waals surface area contributed by atoms with Crippen molar-refractivity contribution in [1.82, 2.24) is 0 Å². The standard InChI is InChI=1S/C13H21NO2/c1-3-4-5-6-12(14)11-8-7-10(16-2)9-13(11)15/h7-9,12,15H,3-6,14H2,1-2H3/t12-/m0/s1. The van der Waals surface area contributed by atoms with Gasteiger partial charge in [0.1, 0.15) is 11.5 Å². The van der Waals surface area contributed by atoms with Crippen molar-refractivity contribution in [2.75, 3.05) is 7.11 Å². The Hall–Kier alpha value is -1.22. The SMILES string of the molecule is CCCCC[C@H](N)c1ccc(OC)cc1O. The normalized spacial score (nSPS) is 12.4. The molecule has 1 aromatic carbocycles. The molecule has 1 atom stereocenters.